The van der Waals surface area contributed by atoms with Crippen molar-refractivity contribution in [2.75, 3.05) is 20.1 Å². The van der Waals surface area contributed by atoms with Crippen LogP contribution in [0.25, 0.3) is 11.1 Å². The largest absolute Gasteiger partial charge is 0.416 e. The van der Waals surface area contributed by atoms with E-state index in [1.165, 1.54) is 6.07 Å². The first-order chi connectivity index (χ1) is 13.5. The average Bonchev–Trinajstić information content (AvgIpc) is 3.00. The highest BCUT2D eigenvalue weighted by Crippen LogP contribution is 2.33. The summed E-state index contributed by atoms with van der Waals surface area (Å²) < 4.78 is 66.3. The van der Waals surface area contributed by atoms with Gasteiger partial charge in [0.2, 0.25) is 10.0 Å². The van der Waals surface area contributed by atoms with Gasteiger partial charge in [-0.2, -0.15) is 13.2 Å². The minimum Gasteiger partial charge on any atom is -0.304 e. The van der Waals surface area contributed by atoms with E-state index in [1.807, 2.05) is 19.2 Å². The molecule has 1 heterocycles. The van der Waals surface area contributed by atoms with E-state index in [0.717, 1.165) is 17.7 Å². The van der Waals surface area contributed by atoms with Crippen molar-refractivity contribution in [3.05, 3.63) is 59.7 Å². The van der Waals surface area contributed by atoms with Crippen molar-refractivity contribution in [1.29, 1.82) is 0 Å². The molecule has 0 saturated carbocycles. The van der Waals surface area contributed by atoms with E-state index in [0.29, 0.717) is 24.2 Å². The van der Waals surface area contributed by atoms with E-state index in [1.54, 1.807) is 32.0 Å². The van der Waals surface area contributed by atoms with Crippen LogP contribution in [0.15, 0.2) is 48.5 Å². The zero-order valence-corrected chi connectivity index (χ0v) is 17.4. The molecule has 0 aromatic heterocycles. The van der Waals surface area contributed by atoms with Crippen molar-refractivity contribution in [2.24, 2.45) is 0 Å². The predicted molar refractivity (Wildman–Crippen MR) is 108 cm³/mol. The SMILES string of the molecule is CC(C)S(=O)(=O)N[C@H]1CN(C)C[C@@H]1c1ccc(-c2cccc(C(F)(F)F)c2)cc1. The summed E-state index contributed by atoms with van der Waals surface area (Å²) in [7, 11) is -1.46. The summed E-state index contributed by atoms with van der Waals surface area (Å²) >= 11 is 0. The third-order valence-electron chi connectivity index (χ3n) is 5.30. The van der Waals surface area contributed by atoms with Gasteiger partial charge in [0.15, 0.2) is 0 Å². The van der Waals surface area contributed by atoms with Crippen LogP contribution in [0.2, 0.25) is 0 Å². The first kappa shape index (κ1) is 21.8. The van der Waals surface area contributed by atoms with E-state index >= 15 is 0 Å². The maximum atomic E-state index is 13.0. The number of likely N-dealkylation sites (N-methyl/N-ethyl adjacent to an activating group) is 1. The molecule has 0 aliphatic carbocycles. The summed E-state index contributed by atoms with van der Waals surface area (Å²) in [5.41, 5.74) is 1.46. The van der Waals surface area contributed by atoms with E-state index < -0.39 is 27.0 Å². The molecule has 0 unspecified atom stereocenters. The van der Waals surface area contributed by atoms with Crippen LogP contribution < -0.4 is 4.72 Å². The van der Waals surface area contributed by atoms with Crippen LogP contribution in [0, 0.1) is 0 Å². The average molecular weight is 427 g/mol. The van der Waals surface area contributed by atoms with Gasteiger partial charge in [0.25, 0.3) is 0 Å². The number of likely N-dealkylation sites (tertiary alicyclic amines) is 1. The Labute approximate surface area is 169 Å². The molecule has 1 aliphatic rings. The molecular weight excluding hydrogens is 401 g/mol. The smallest absolute Gasteiger partial charge is 0.304 e. The van der Waals surface area contributed by atoms with Crippen LogP contribution in [0.5, 0.6) is 0 Å². The molecule has 2 aromatic carbocycles. The lowest BCUT2D eigenvalue weighted by Gasteiger charge is -2.22. The number of halogens is 3. The number of hydrogen-bond donors (Lipinski definition) is 1. The lowest BCUT2D eigenvalue weighted by atomic mass is 9.93. The Bertz CT molecular complexity index is 957. The van der Waals surface area contributed by atoms with Crippen molar-refractivity contribution >= 4 is 10.0 Å². The van der Waals surface area contributed by atoms with Gasteiger partial charge in [-0.3, -0.25) is 0 Å². The highest BCUT2D eigenvalue weighted by Gasteiger charge is 2.35. The summed E-state index contributed by atoms with van der Waals surface area (Å²) in [6.45, 7) is 4.58. The fraction of sp³-hybridized carbons (Fsp3) is 0.429. The van der Waals surface area contributed by atoms with E-state index in [9.17, 15) is 21.6 Å². The Balaban J connectivity index is 1.84. The summed E-state index contributed by atoms with van der Waals surface area (Å²) in [6, 6.07) is 12.3. The summed E-state index contributed by atoms with van der Waals surface area (Å²) in [5, 5.41) is -0.516. The number of benzene rings is 2. The first-order valence-electron chi connectivity index (χ1n) is 9.44. The van der Waals surface area contributed by atoms with Gasteiger partial charge in [-0.05, 0) is 49.7 Å². The molecule has 2 aromatic rings. The fourth-order valence-corrected chi connectivity index (χ4v) is 4.54. The molecule has 1 N–H and O–H groups in total. The van der Waals surface area contributed by atoms with Crippen molar-refractivity contribution in [3.63, 3.8) is 0 Å². The molecule has 4 nitrogen and oxygen atoms in total. The van der Waals surface area contributed by atoms with Gasteiger partial charge < -0.3 is 4.90 Å². The van der Waals surface area contributed by atoms with Crippen LogP contribution in [-0.2, 0) is 16.2 Å². The second-order valence-electron chi connectivity index (χ2n) is 7.85. The summed E-state index contributed by atoms with van der Waals surface area (Å²) in [5.74, 6) is -0.0240. The van der Waals surface area contributed by atoms with Crippen molar-refractivity contribution in [1.82, 2.24) is 9.62 Å². The Kier molecular flexibility index (Phi) is 6.08. The molecule has 1 fully saturated rings. The van der Waals surface area contributed by atoms with Gasteiger partial charge in [0.1, 0.15) is 0 Å². The molecule has 0 bridgehead atoms. The van der Waals surface area contributed by atoms with E-state index in [4.69, 9.17) is 0 Å². The maximum absolute atomic E-state index is 13.0. The zero-order chi connectivity index (χ0) is 21.4. The predicted octanol–water partition coefficient (Wildman–Crippen LogP) is 4.10. The van der Waals surface area contributed by atoms with Gasteiger partial charge in [-0.15, -0.1) is 0 Å². The number of alkyl halides is 3. The highest BCUT2D eigenvalue weighted by atomic mass is 32.2. The highest BCUT2D eigenvalue weighted by molar-refractivity contribution is 7.90. The number of nitrogens with zero attached hydrogens (tertiary/aromatic N) is 1. The summed E-state index contributed by atoms with van der Waals surface area (Å²) in [6.07, 6.45) is -4.38. The molecule has 1 saturated heterocycles. The monoisotopic (exact) mass is 426 g/mol. The van der Waals surface area contributed by atoms with Gasteiger partial charge >= 0.3 is 6.18 Å². The number of nitrogens with one attached hydrogen (secondary N) is 1. The van der Waals surface area contributed by atoms with Crippen LogP contribution in [-0.4, -0.2) is 44.7 Å². The lowest BCUT2D eigenvalue weighted by Crippen LogP contribution is -2.42. The third-order valence-corrected chi connectivity index (χ3v) is 7.17. The van der Waals surface area contributed by atoms with E-state index in [2.05, 4.69) is 9.62 Å². The molecule has 0 spiro atoms. The second kappa shape index (κ2) is 8.08. The number of sulfonamides is 1. The quantitative estimate of drug-likeness (QED) is 0.783. The first-order valence-corrected chi connectivity index (χ1v) is 11.0. The van der Waals surface area contributed by atoms with Crippen LogP contribution >= 0.6 is 0 Å². The Morgan fingerprint density at radius 1 is 1.03 bits per heavy atom. The molecule has 0 amide bonds. The third kappa shape index (κ3) is 4.99. The number of rotatable bonds is 5. The van der Waals surface area contributed by atoms with Gasteiger partial charge in [0.05, 0.1) is 10.8 Å². The van der Waals surface area contributed by atoms with Crippen LogP contribution in [0.3, 0.4) is 0 Å². The van der Waals surface area contributed by atoms with Gasteiger partial charge in [-0.1, -0.05) is 36.4 Å². The topological polar surface area (TPSA) is 49.4 Å². The standard InChI is InChI=1S/C21H25F3N2O2S/c1-14(2)29(27,28)25-20-13-26(3)12-19(20)16-9-7-15(8-10-16)17-5-4-6-18(11-17)21(22,23)24/h4-11,14,19-20,25H,12-13H2,1-3H3/t19-,20+/m1/s1. The Morgan fingerprint density at radius 2 is 1.69 bits per heavy atom. The Hall–Kier alpha value is -1.90. The van der Waals surface area contributed by atoms with Crippen LogP contribution in [0.1, 0.15) is 30.9 Å². The fourth-order valence-electron chi connectivity index (χ4n) is 3.60. The van der Waals surface area contributed by atoms with E-state index in [-0.39, 0.29) is 12.0 Å². The molecular formula is C21H25F3N2O2S. The Morgan fingerprint density at radius 3 is 2.28 bits per heavy atom. The van der Waals surface area contributed by atoms with Crippen molar-refractivity contribution < 1.29 is 21.6 Å². The van der Waals surface area contributed by atoms with Gasteiger partial charge in [0, 0.05) is 25.0 Å². The summed E-state index contributed by atoms with van der Waals surface area (Å²) in [4.78, 5) is 2.07. The molecule has 1 aliphatic heterocycles. The number of hydrogen-bond acceptors (Lipinski definition) is 3. The molecule has 158 valence electrons. The van der Waals surface area contributed by atoms with Crippen LogP contribution in [0.4, 0.5) is 13.2 Å². The molecule has 29 heavy (non-hydrogen) atoms. The molecule has 8 heteroatoms. The molecule has 0 radical (unpaired) electrons. The van der Waals surface area contributed by atoms with Crippen molar-refractivity contribution in [2.45, 2.75) is 37.2 Å². The minimum absolute atomic E-state index is 0.0240. The molecule has 3 rings (SSSR count). The lowest BCUT2D eigenvalue weighted by molar-refractivity contribution is -0.137. The van der Waals surface area contributed by atoms with Crippen molar-refractivity contribution in [3.8, 4) is 11.1 Å². The second-order valence-corrected chi connectivity index (χ2v) is 10.1. The van der Waals surface area contributed by atoms with Gasteiger partial charge in [-0.25, -0.2) is 13.1 Å². The normalized spacial score (nSPS) is 21.1. The minimum atomic E-state index is -4.38. The maximum Gasteiger partial charge on any atom is 0.416 e. The zero-order valence-electron chi connectivity index (χ0n) is 16.6. The molecule has 2 atom stereocenters.